The van der Waals surface area contributed by atoms with E-state index in [4.69, 9.17) is 10.7 Å². The second-order valence-corrected chi connectivity index (χ2v) is 7.61. The molecule has 4 N–H and O–H groups in total. The van der Waals surface area contributed by atoms with Crippen molar-refractivity contribution in [2.24, 2.45) is 5.73 Å². The maximum Gasteiger partial charge on any atom is 0.249 e. The van der Waals surface area contributed by atoms with Gasteiger partial charge in [0.2, 0.25) is 11.9 Å². The standard InChI is InChI=1S/C24H25FN6O/c1-15-10-19-20(22(26)32)11-18(25)12-21(19)31(15)24-29-14-17(8-9-27-2)23(30-24)28-13-16-6-4-3-5-7-16/h3-7,10-12,14,27H,8-9,13H2,1-2H3,(H2,26,32)(H,28,29,30). The van der Waals surface area contributed by atoms with E-state index in [9.17, 15) is 9.18 Å². The van der Waals surface area contributed by atoms with E-state index in [1.54, 1.807) is 16.8 Å². The fraction of sp³-hybridized carbons (Fsp3) is 0.208. The van der Waals surface area contributed by atoms with Crippen molar-refractivity contribution in [2.45, 2.75) is 19.9 Å². The molecule has 0 atom stereocenters. The summed E-state index contributed by atoms with van der Waals surface area (Å²) in [6, 6.07) is 14.4. The number of nitrogens with one attached hydrogen (secondary N) is 2. The Morgan fingerprint density at radius 3 is 2.69 bits per heavy atom. The lowest BCUT2D eigenvalue weighted by Gasteiger charge is -2.14. The first-order chi connectivity index (χ1) is 15.5. The summed E-state index contributed by atoms with van der Waals surface area (Å²) in [6.45, 7) is 3.25. The summed E-state index contributed by atoms with van der Waals surface area (Å²) in [4.78, 5) is 21.2. The number of benzene rings is 2. The van der Waals surface area contributed by atoms with Gasteiger partial charge in [-0.3, -0.25) is 9.36 Å². The Kier molecular flexibility index (Phi) is 6.13. The summed E-state index contributed by atoms with van der Waals surface area (Å²) < 4.78 is 16.0. The smallest absolute Gasteiger partial charge is 0.249 e. The summed E-state index contributed by atoms with van der Waals surface area (Å²) in [5.74, 6) is -0.122. The molecule has 0 fully saturated rings. The highest BCUT2D eigenvalue weighted by atomic mass is 19.1. The molecule has 0 aliphatic heterocycles. The van der Waals surface area contributed by atoms with Crippen LogP contribution in [0.5, 0.6) is 0 Å². The number of carbonyl (C=O) groups excluding carboxylic acids is 1. The van der Waals surface area contributed by atoms with Crippen molar-refractivity contribution in [3.05, 3.63) is 82.9 Å². The quantitative estimate of drug-likeness (QED) is 0.397. The van der Waals surface area contributed by atoms with Crippen LogP contribution in [0.25, 0.3) is 16.9 Å². The number of aryl methyl sites for hydroxylation is 1. The molecule has 0 unspecified atom stereocenters. The number of anilines is 1. The Hall–Kier alpha value is -3.78. The van der Waals surface area contributed by atoms with Crippen LogP contribution in [0.3, 0.4) is 0 Å². The number of carbonyl (C=O) groups is 1. The predicted octanol–water partition coefficient (Wildman–Crippen LogP) is 3.34. The Morgan fingerprint density at radius 1 is 1.19 bits per heavy atom. The maximum atomic E-state index is 14.3. The molecule has 4 aromatic rings. The van der Waals surface area contributed by atoms with E-state index in [1.807, 2.05) is 44.3 Å². The first-order valence-electron chi connectivity index (χ1n) is 10.4. The SMILES string of the molecule is CNCCc1cnc(-n2c(C)cc3c(C(N)=O)cc(F)cc32)nc1NCc1ccccc1. The molecule has 1 amide bonds. The molecule has 0 saturated carbocycles. The van der Waals surface area contributed by atoms with Gasteiger partial charge in [-0.15, -0.1) is 0 Å². The third kappa shape index (κ3) is 4.31. The number of hydrogen-bond acceptors (Lipinski definition) is 5. The lowest BCUT2D eigenvalue weighted by atomic mass is 10.1. The first kappa shape index (κ1) is 21.5. The summed E-state index contributed by atoms with van der Waals surface area (Å²) >= 11 is 0. The summed E-state index contributed by atoms with van der Waals surface area (Å²) in [6.07, 6.45) is 2.53. The van der Waals surface area contributed by atoms with Crippen molar-refractivity contribution in [2.75, 3.05) is 18.9 Å². The molecular formula is C24H25FN6O. The van der Waals surface area contributed by atoms with E-state index >= 15 is 0 Å². The van der Waals surface area contributed by atoms with Gasteiger partial charge < -0.3 is 16.4 Å². The first-order valence-corrected chi connectivity index (χ1v) is 10.4. The summed E-state index contributed by atoms with van der Waals surface area (Å²) in [5, 5.41) is 7.12. The zero-order chi connectivity index (χ0) is 22.7. The fourth-order valence-electron chi connectivity index (χ4n) is 3.76. The minimum absolute atomic E-state index is 0.134. The van der Waals surface area contributed by atoms with Crippen LogP contribution in [0.4, 0.5) is 10.2 Å². The highest BCUT2D eigenvalue weighted by Crippen LogP contribution is 2.27. The Labute approximate surface area is 185 Å². The van der Waals surface area contributed by atoms with Gasteiger partial charge in [0.05, 0.1) is 11.1 Å². The number of hydrogen-bond donors (Lipinski definition) is 3. The zero-order valence-electron chi connectivity index (χ0n) is 18.0. The van der Waals surface area contributed by atoms with Crippen molar-refractivity contribution in [1.29, 1.82) is 0 Å². The van der Waals surface area contributed by atoms with E-state index in [1.165, 1.54) is 6.07 Å². The van der Waals surface area contributed by atoms with E-state index in [-0.39, 0.29) is 5.56 Å². The van der Waals surface area contributed by atoms with Gasteiger partial charge in [-0.25, -0.2) is 9.37 Å². The second kappa shape index (κ2) is 9.15. The van der Waals surface area contributed by atoms with Crippen molar-refractivity contribution < 1.29 is 9.18 Å². The molecule has 2 aromatic heterocycles. The normalized spacial score (nSPS) is 11.1. The molecule has 2 aromatic carbocycles. The Balaban J connectivity index is 1.79. The molecule has 7 nitrogen and oxygen atoms in total. The van der Waals surface area contributed by atoms with Crippen LogP contribution in [0.1, 0.15) is 27.2 Å². The van der Waals surface area contributed by atoms with Crippen LogP contribution in [-0.2, 0) is 13.0 Å². The molecule has 164 valence electrons. The van der Waals surface area contributed by atoms with Crippen LogP contribution in [0.15, 0.2) is 54.7 Å². The van der Waals surface area contributed by atoms with Crippen LogP contribution in [0.2, 0.25) is 0 Å². The van der Waals surface area contributed by atoms with Gasteiger partial charge in [0.15, 0.2) is 0 Å². The number of aromatic nitrogens is 3. The van der Waals surface area contributed by atoms with Crippen molar-refractivity contribution in [1.82, 2.24) is 19.9 Å². The van der Waals surface area contributed by atoms with Gasteiger partial charge in [-0.2, -0.15) is 4.98 Å². The molecule has 8 heteroatoms. The number of likely N-dealkylation sites (N-methyl/N-ethyl adjacent to an activating group) is 1. The van der Waals surface area contributed by atoms with Crippen molar-refractivity contribution in [3.63, 3.8) is 0 Å². The van der Waals surface area contributed by atoms with Gasteiger partial charge in [-0.1, -0.05) is 30.3 Å². The lowest BCUT2D eigenvalue weighted by Crippen LogP contribution is -2.15. The number of amides is 1. The van der Waals surface area contributed by atoms with Gasteiger partial charge in [0, 0.05) is 29.4 Å². The molecule has 0 spiro atoms. The minimum atomic E-state index is -0.680. The monoisotopic (exact) mass is 432 g/mol. The second-order valence-electron chi connectivity index (χ2n) is 7.61. The third-order valence-corrected chi connectivity index (χ3v) is 5.33. The van der Waals surface area contributed by atoms with Crippen LogP contribution >= 0.6 is 0 Å². The summed E-state index contributed by atoms with van der Waals surface area (Å²) in [7, 11) is 1.90. The van der Waals surface area contributed by atoms with Gasteiger partial charge >= 0.3 is 0 Å². The average Bonchev–Trinajstić information content (AvgIpc) is 3.12. The average molecular weight is 433 g/mol. The maximum absolute atomic E-state index is 14.3. The number of primary amides is 1. The van der Waals surface area contributed by atoms with E-state index in [0.717, 1.165) is 35.9 Å². The molecule has 0 aliphatic carbocycles. The number of rotatable bonds is 8. The fourth-order valence-corrected chi connectivity index (χ4v) is 3.76. The Bertz CT molecular complexity index is 1270. The van der Waals surface area contributed by atoms with E-state index in [0.29, 0.717) is 29.2 Å². The predicted molar refractivity (Wildman–Crippen MR) is 123 cm³/mol. The van der Waals surface area contributed by atoms with Crippen LogP contribution in [0, 0.1) is 12.7 Å². The molecule has 32 heavy (non-hydrogen) atoms. The highest BCUT2D eigenvalue weighted by Gasteiger charge is 2.18. The molecule has 2 heterocycles. The molecule has 0 saturated heterocycles. The Morgan fingerprint density at radius 2 is 1.97 bits per heavy atom. The zero-order valence-corrected chi connectivity index (χ0v) is 18.0. The number of nitrogens with zero attached hydrogens (tertiary/aromatic N) is 3. The number of fused-ring (bicyclic) bond motifs is 1. The number of nitrogens with two attached hydrogens (primary N) is 1. The molecule has 0 radical (unpaired) electrons. The number of halogens is 1. The summed E-state index contributed by atoms with van der Waals surface area (Å²) in [5.41, 5.74) is 8.96. The van der Waals surface area contributed by atoms with Crippen LogP contribution < -0.4 is 16.4 Å². The largest absolute Gasteiger partial charge is 0.366 e. The lowest BCUT2D eigenvalue weighted by molar-refractivity contribution is 0.100. The van der Waals surface area contributed by atoms with E-state index in [2.05, 4.69) is 15.6 Å². The molecule has 4 rings (SSSR count). The topological polar surface area (TPSA) is 97.9 Å². The molecular weight excluding hydrogens is 407 g/mol. The molecule has 0 aliphatic rings. The highest BCUT2D eigenvalue weighted by molar-refractivity contribution is 6.06. The minimum Gasteiger partial charge on any atom is -0.366 e. The van der Waals surface area contributed by atoms with Crippen molar-refractivity contribution in [3.8, 4) is 5.95 Å². The van der Waals surface area contributed by atoms with Gasteiger partial charge in [-0.05, 0) is 50.7 Å². The van der Waals surface area contributed by atoms with Crippen LogP contribution in [-0.4, -0.2) is 34.0 Å². The third-order valence-electron chi connectivity index (χ3n) is 5.33. The molecule has 0 bridgehead atoms. The van der Waals surface area contributed by atoms with E-state index < -0.39 is 11.7 Å². The van der Waals surface area contributed by atoms with Crippen molar-refractivity contribution >= 4 is 22.6 Å². The van der Waals surface area contributed by atoms with Gasteiger partial charge in [0.1, 0.15) is 11.6 Å². The van der Waals surface area contributed by atoms with Gasteiger partial charge in [0.25, 0.3) is 0 Å².